The Morgan fingerprint density at radius 1 is 1.20 bits per heavy atom. The molecule has 2 aromatic rings. The van der Waals surface area contributed by atoms with Gasteiger partial charge < -0.3 is 10.5 Å². The lowest BCUT2D eigenvalue weighted by Gasteiger charge is -2.10. The summed E-state index contributed by atoms with van der Waals surface area (Å²) in [6.45, 7) is 3.42. The maximum atomic E-state index is 13.7. The number of hydrogen-bond donors (Lipinski definition) is 1. The Balaban J connectivity index is 2.51. The molecule has 6 heteroatoms. The topological polar surface area (TPSA) is 71.9 Å². The standard InChI is InChI=1S/C14H11F2N3O/c1-7-3-8(2)19-14(9(7)6-17)20-13-5-10(15)12(18)4-11(13)16/h3-5H,18H2,1-2H3. The van der Waals surface area contributed by atoms with Gasteiger partial charge in [0, 0.05) is 17.8 Å². The Bertz CT molecular complexity index is 723. The Labute approximate surface area is 114 Å². The maximum Gasteiger partial charge on any atom is 0.237 e. The number of nitrogens with two attached hydrogens (primary N) is 1. The summed E-state index contributed by atoms with van der Waals surface area (Å²) in [4.78, 5) is 4.03. The van der Waals surface area contributed by atoms with Crippen LogP contribution < -0.4 is 10.5 Å². The SMILES string of the molecule is Cc1cc(C)c(C#N)c(Oc2cc(F)c(N)cc2F)n1. The van der Waals surface area contributed by atoms with Crippen LogP contribution in [-0.2, 0) is 0 Å². The van der Waals surface area contributed by atoms with E-state index in [9.17, 15) is 8.78 Å². The molecule has 0 saturated heterocycles. The van der Waals surface area contributed by atoms with Gasteiger partial charge in [0.15, 0.2) is 11.6 Å². The van der Waals surface area contributed by atoms with Gasteiger partial charge in [-0.05, 0) is 25.5 Å². The molecule has 0 aliphatic carbocycles. The summed E-state index contributed by atoms with van der Waals surface area (Å²) in [5.41, 5.74) is 6.36. The zero-order valence-corrected chi connectivity index (χ0v) is 10.9. The molecule has 20 heavy (non-hydrogen) atoms. The molecule has 2 rings (SSSR count). The molecular weight excluding hydrogens is 264 g/mol. The molecule has 0 bridgehead atoms. The van der Waals surface area contributed by atoms with Crippen molar-refractivity contribution in [2.75, 3.05) is 5.73 Å². The second-order valence-electron chi connectivity index (χ2n) is 4.28. The molecule has 1 aromatic carbocycles. The van der Waals surface area contributed by atoms with E-state index in [1.165, 1.54) is 0 Å². The van der Waals surface area contributed by atoms with E-state index in [-0.39, 0.29) is 22.9 Å². The van der Waals surface area contributed by atoms with E-state index >= 15 is 0 Å². The van der Waals surface area contributed by atoms with Crippen molar-refractivity contribution in [3.63, 3.8) is 0 Å². The molecule has 0 radical (unpaired) electrons. The number of pyridine rings is 1. The summed E-state index contributed by atoms with van der Waals surface area (Å²) >= 11 is 0. The average Bonchev–Trinajstić information content (AvgIpc) is 2.35. The van der Waals surface area contributed by atoms with Crippen LogP contribution in [0.3, 0.4) is 0 Å². The quantitative estimate of drug-likeness (QED) is 0.854. The Morgan fingerprint density at radius 3 is 2.55 bits per heavy atom. The highest BCUT2D eigenvalue weighted by atomic mass is 19.1. The van der Waals surface area contributed by atoms with Crippen molar-refractivity contribution in [1.82, 2.24) is 4.98 Å². The number of nitriles is 1. The van der Waals surface area contributed by atoms with Crippen LogP contribution in [0.2, 0.25) is 0 Å². The number of aromatic nitrogens is 1. The number of ether oxygens (including phenoxy) is 1. The fourth-order valence-corrected chi connectivity index (χ4v) is 1.74. The third-order valence-corrected chi connectivity index (χ3v) is 2.68. The van der Waals surface area contributed by atoms with Crippen LogP contribution in [-0.4, -0.2) is 4.98 Å². The molecule has 0 unspecified atom stereocenters. The summed E-state index contributed by atoms with van der Waals surface area (Å²) in [5.74, 6) is -2.06. The van der Waals surface area contributed by atoms with Gasteiger partial charge in [0.25, 0.3) is 0 Å². The maximum absolute atomic E-state index is 13.7. The number of rotatable bonds is 2. The van der Waals surface area contributed by atoms with Crippen molar-refractivity contribution in [2.24, 2.45) is 0 Å². The molecule has 0 aliphatic rings. The van der Waals surface area contributed by atoms with E-state index < -0.39 is 11.6 Å². The smallest absolute Gasteiger partial charge is 0.237 e. The first-order valence-electron chi connectivity index (χ1n) is 5.73. The Kier molecular flexibility index (Phi) is 3.53. The molecular formula is C14H11F2N3O. The number of hydrogen-bond acceptors (Lipinski definition) is 4. The number of benzene rings is 1. The highest BCUT2D eigenvalue weighted by Gasteiger charge is 2.15. The number of anilines is 1. The number of halogens is 2. The van der Waals surface area contributed by atoms with Gasteiger partial charge in [0.1, 0.15) is 17.4 Å². The van der Waals surface area contributed by atoms with Gasteiger partial charge in [0.05, 0.1) is 5.69 Å². The van der Waals surface area contributed by atoms with Crippen molar-refractivity contribution >= 4 is 5.69 Å². The summed E-state index contributed by atoms with van der Waals surface area (Å²) < 4.78 is 32.2. The molecule has 0 spiro atoms. The summed E-state index contributed by atoms with van der Waals surface area (Å²) in [6.07, 6.45) is 0. The van der Waals surface area contributed by atoms with Crippen LogP contribution in [0.4, 0.5) is 14.5 Å². The minimum Gasteiger partial charge on any atom is -0.434 e. The van der Waals surface area contributed by atoms with Crippen molar-refractivity contribution in [2.45, 2.75) is 13.8 Å². The summed E-state index contributed by atoms with van der Waals surface area (Å²) in [6, 6.07) is 5.27. The van der Waals surface area contributed by atoms with Crippen LogP contribution in [0.5, 0.6) is 11.6 Å². The minimum absolute atomic E-state index is 0.0620. The predicted octanol–water partition coefficient (Wildman–Crippen LogP) is 3.22. The van der Waals surface area contributed by atoms with E-state index in [1.54, 1.807) is 19.9 Å². The number of nitrogens with zero attached hydrogens (tertiary/aromatic N) is 2. The lowest BCUT2D eigenvalue weighted by molar-refractivity contribution is 0.420. The molecule has 2 N–H and O–H groups in total. The van der Waals surface area contributed by atoms with Crippen molar-refractivity contribution in [3.8, 4) is 17.7 Å². The summed E-state index contributed by atoms with van der Waals surface area (Å²) in [7, 11) is 0. The van der Waals surface area contributed by atoms with Gasteiger partial charge in [-0.2, -0.15) is 5.26 Å². The third-order valence-electron chi connectivity index (χ3n) is 2.68. The van der Waals surface area contributed by atoms with Crippen molar-refractivity contribution < 1.29 is 13.5 Å². The van der Waals surface area contributed by atoms with Crippen molar-refractivity contribution in [1.29, 1.82) is 5.26 Å². The summed E-state index contributed by atoms with van der Waals surface area (Å²) in [5, 5.41) is 9.08. The van der Waals surface area contributed by atoms with Crippen LogP contribution in [0.1, 0.15) is 16.8 Å². The van der Waals surface area contributed by atoms with Crippen LogP contribution in [0.25, 0.3) is 0 Å². The van der Waals surface area contributed by atoms with Gasteiger partial charge >= 0.3 is 0 Å². The average molecular weight is 275 g/mol. The predicted molar refractivity (Wildman–Crippen MR) is 69.3 cm³/mol. The fraction of sp³-hybridized carbons (Fsp3) is 0.143. The first-order chi connectivity index (χ1) is 9.42. The fourth-order valence-electron chi connectivity index (χ4n) is 1.74. The molecule has 102 valence electrons. The van der Waals surface area contributed by atoms with Gasteiger partial charge in [-0.3, -0.25) is 0 Å². The second kappa shape index (κ2) is 5.13. The highest BCUT2D eigenvalue weighted by Crippen LogP contribution is 2.30. The van der Waals surface area contributed by atoms with Gasteiger partial charge in [-0.25, -0.2) is 13.8 Å². The molecule has 4 nitrogen and oxygen atoms in total. The van der Waals surface area contributed by atoms with Gasteiger partial charge in [-0.1, -0.05) is 0 Å². The molecule has 0 aliphatic heterocycles. The van der Waals surface area contributed by atoms with E-state index in [1.807, 2.05) is 6.07 Å². The van der Waals surface area contributed by atoms with E-state index in [0.29, 0.717) is 11.3 Å². The van der Waals surface area contributed by atoms with Crippen molar-refractivity contribution in [3.05, 3.63) is 46.7 Å². The van der Waals surface area contributed by atoms with E-state index in [4.69, 9.17) is 15.7 Å². The zero-order chi connectivity index (χ0) is 14.9. The Hall–Kier alpha value is -2.68. The van der Waals surface area contributed by atoms with E-state index in [2.05, 4.69) is 4.98 Å². The lowest BCUT2D eigenvalue weighted by Crippen LogP contribution is -2.00. The van der Waals surface area contributed by atoms with Gasteiger partial charge in [-0.15, -0.1) is 0 Å². The molecule has 0 fully saturated rings. The molecule has 1 heterocycles. The van der Waals surface area contributed by atoms with Crippen LogP contribution in [0, 0.1) is 36.8 Å². The molecule has 0 saturated carbocycles. The highest BCUT2D eigenvalue weighted by molar-refractivity contribution is 5.49. The molecule has 0 amide bonds. The Morgan fingerprint density at radius 2 is 1.90 bits per heavy atom. The molecule has 0 atom stereocenters. The molecule has 1 aromatic heterocycles. The largest absolute Gasteiger partial charge is 0.434 e. The van der Waals surface area contributed by atoms with Gasteiger partial charge in [0.2, 0.25) is 5.88 Å². The normalized spacial score (nSPS) is 10.2. The van der Waals surface area contributed by atoms with E-state index in [0.717, 1.165) is 12.1 Å². The minimum atomic E-state index is -0.825. The first kappa shape index (κ1) is 13.7. The third kappa shape index (κ3) is 2.52. The number of nitrogen functional groups attached to an aromatic ring is 1. The second-order valence-corrected chi connectivity index (χ2v) is 4.28. The van der Waals surface area contributed by atoms with Crippen LogP contribution >= 0.6 is 0 Å². The number of aryl methyl sites for hydroxylation is 2. The lowest BCUT2D eigenvalue weighted by atomic mass is 10.1. The van der Waals surface area contributed by atoms with Crippen LogP contribution in [0.15, 0.2) is 18.2 Å². The zero-order valence-electron chi connectivity index (χ0n) is 10.9. The first-order valence-corrected chi connectivity index (χ1v) is 5.73. The monoisotopic (exact) mass is 275 g/mol.